The van der Waals surface area contributed by atoms with Gasteiger partial charge >= 0.3 is 12.1 Å². The minimum absolute atomic E-state index is 0.0258. The molecule has 0 aromatic heterocycles. The zero-order valence-electron chi connectivity index (χ0n) is 20.1. The van der Waals surface area contributed by atoms with E-state index in [2.05, 4.69) is 17.9 Å². The molecule has 192 valence electrons. The summed E-state index contributed by atoms with van der Waals surface area (Å²) in [4.78, 5) is 24.6. The first-order valence-electron chi connectivity index (χ1n) is 11.7. The van der Waals surface area contributed by atoms with Gasteiger partial charge in [-0.3, -0.25) is 10.1 Å². The van der Waals surface area contributed by atoms with Crippen LogP contribution in [0.4, 0.5) is 10.5 Å². The first-order chi connectivity index (χ1) is 17.5. The number of fused-ring (bicyclic) bond motifs is 1. The molecule has 2 atom stereocenters. The number of rotatable bonds is 13. The zero-order valence-corrected chi connectivity index (χ0v) is 21.0. The second kappa shape index (κ2) is 14.3. The molecule has 0 saturated heterocycles. The van der Waals surface area contributed by atoms with Gasteiger partial charge in [0.25, 0.3) is 0 Å². The van der Waals surface area contributed by atoms with E-state index < -0.39 is 24.3 Å². The van der Waals surface area contributed by atoms with Crippen LogP contribution in [0.15, 0.2) is 66.7 Å². The van der Waals surface area contributed by atoms with Crippen LogP contribution in [0.3, 0.4) is 0 Å². The van der Waals surface area contributed by atoms with Crippen LogP contribution in [0.1, 0.15) is 25.0 Å². The lowest BCUT2D eigenvalue weighted by Crippen LogP contribution is -2.30. The van der Waals surface area contributed by atoms with Gasteiger partial charge < -0.3 is 24.1 Å². The highest BCUT2D eigenvalue weighted by molar-refractivity contribution is 7.81. The Morgan fingerprint density at radius 1 is 1.00 bits per heavy atom. The van der Waals surface area contributed by atoms with Crippen molar-refractivity contribution in [3.63, 3.8) is 0 Å². The van der Waals surface area contributed by atoms with E-state index in [9.17, 15) is 9.59 Å². The Labute approximate surface area is 215 Å². The molecule has 0 fully saturated rings. The summed E-state index contributed by atoms with van der Waals surface area (Å²) in [5.74, 6) is 0.106. The van der Waals surface area contributed by atoms with Crippen molar-refractivity contribution in [1.82, 2.24) is 0 Å². The van der Waals surface area contributed by atoms with E-state index in [1.165, 1.54) is 0 Å². The second-order valence-electron chi connectivity index (χ2n) is 7.78. The van der Waals surface area contributed by atoms with Gasteiger partial charge in [-0.15, -0.1) is 0 Å². The van der Waals surface area contributed by atoms with Crippen molar-refractivity contribution in [1.29, 1.82) is 0 Å². The Morgan fingerprint density at radius 2 is 1.75 bits per heavy atom. The maximum Gasteiger partial charge on any atom is 0.412 e. The Balaban J connectivity index is 1.82. The Morgan fingerprint density at radius 3 is 2.47 bits per heavy atom. The van der Waals surface area contributed by atoms with Crippen LogP contribution >= 0.6 is 12.6 Å². The van der Waals surface area contributed by atoms with Gasteiger partial charge in [-0.2, -0.15) is 12.6 Å². The number of hydrogen-bond acceptors (Lipinski definition) is 8. The van der Waals surface area contributed by atoms with E-state index in [1.54, 1.807) is 24.3 Å². The van der Waals surface area contributed by atoms with Crippen LogP contribution in [0.5, 0.6) is 5.75 Å². The van der Waals surface area contributed by atoms with Crippen molar-refractivity contribution in [3.05, 3.63) is 72.3 Å². The van der Waals surface area contributed by atoms with Gasteiger partial charge in [-0.05, 0) is 36.1 Å². The molecular weight excluding hydrogens is 482 g/mol. The number of aliphatic hydroxyl groups is 1. The molecule has 2 N–H and O–H groups in total. The molecule has 0 spiro atoms. The predicted octanol–water partition coefficient (Wildman–Crippen LogP) is 4.77. The summed E-state index contributed by atoms with van der Waals surface area (Å²) in [6.07, 6.45) is -1.71. The number of hydrogen-bond donors (Lipinski definition) is 3. The standard InChI is InChI=1S/C27H31NO7S/c1-2-32-24(14-16-34-25(30)18-36)26(20-10-12-21(13-11-20)33-17-15-29)35-27(31)28-23-9-5-7-19-6-3-4-8-22(19)23/h3-13,24,26,29,36H,2,14-18H2,1H3,(H,28,31)/t24-,26-/m0/s1. The van der Waals surface area contributed by atoms with Crippen molar-refractivity contribution in [2.45, 2.75) is 25.6 Å². The topological polar surface area (TPSA) is 103 Å². The minimum Gasteiger partial charge on any atom is -0.491 e. The summed E-state index contributed by atoms with van der Waals surface area (Å²) in [6.45, 7) is 2.37. The number of ether oxygens (including phenoxy) is 4. The molecule has 0 aliphatic carbocycles. The number of esters is 1. The summed E-state index contributed by atoms with van der Waals surface area (Å²) < 4.78 is 22.4. The molecule has 0 radical (unpaired) electrons. The molecular formula is C27H31NO7S. The molecule has 0 heterocycles. The van der Waals surface area contributed by atoms with Gasteiger partial charge in [-0.1, -0.05) is 48.5 Å². The van der Waals surface area contributed by atoms with E-state index in [-0.39, 0.29) is 25.6 Å². The molecule has 0 aliphatic rings. The lowest BCUT2D eigenvalue weighted by molar-refractivity contribution is -0.142. The van der Waals surface area contributed by atoms with Crippen molar-refractivity contribution >= 4 is 41.2 Å². The average molecular weight is 514 g/mol. The molecule has 8 nitrogen and oxygen atoms in total. The lowest BCUT2D eigenvalue weighted by Gasteiger charge is -2.27. The smallest absolute Gasteiger partial charge is 0.412 e. The van der Waals surface area contributed by atoms with Gasteiger partial charge in [0.1, 0.15) is 18.5 Å². The monoisotopic (exact) mass is 513 g/mol. The van der Waals surface area contributed by atoms with Crippen LogP contribution in [0.25, 0.3) is 10.8 Å². The highest BCUT2D eigenvalue weighted by atomic mass is 32.1. The lowest BCUT2D eigenvalue weighted by atomic mass is 10.0. The summed E-state index contributed by atoms with van der Waals surface area (Å²) in [5.41, 5.74) is 1.30. The molecule has 0 saturated carbocycles. The molecule has 0 bridgehead atoms. The van der Waals surface area contributed by atoms with E-state index in [4.69, 9.17) is 24.1 Å². The minimum atomic E-state index is -0.790. The number of anilines is 1. The number of nitrogens with one attached hydrogen (secondary N) is 1. The second-order valence-corrected chi connectivity index (χ2v) is 8.10. The SMILES string of the molecule is CCO[C@@H](CCOC(=O)CS)[C@@H](OC(=O)Nc1cccc2ccccc12)c1ccc(OCCO)cc1. The number of amides is 1. The quantitative estimate of drug-likeness (QED) is 0.223. The van der Waals surface area contributed by atoms with Crippen molar-refractivity contribution < 1.29 is 33.6 Å². The third-order valence-corrected chi connectivity index (χ3v) is 5.60. The normalized spacial score (nSPS) is 12.5. The molecule has 3 rings (SSSR count). The molecule has 1 amide bonds. The molecule has 36 heavy (non-hydrogen) atoms. The van der Waals surface area contributed by atoms with Crippen LogP contribution in [-0.4, -0.2) is 55.5 Å². The maximum atomic E-state index is 13.0. The van der Waals surface area contributed by atoms with Crippen LogP contribution in [-0.2, 0) is 19.0 Å². The number of carbonyl (C=O) groups excluding carboxylic acids is 2. The number of thiol groups is 1. The summed E-state index contributed by atoms with van der Waals surface area (Å²) >= 11 is 3.92. The number of benzene rings is 3. The van der Waals surface area contributed by atoms with Crippen LogP contribution in [0.2, 0.25) is 0 Å². The van der Waals surface area contributed by atoms with Gasteiger partial charge in [0.2, 0.25) is 0 Å². The fourth-order valence-corrected chi connectivity index (χ4v) is 3.83. The van der Waals surface area contributed by atoms with Crippen LogP contribution in [0, 0.1) is 0 Å². The first kappa shape index (κ1) is 27.3. The van der Waals surface area contributed by atoms with E-state index in [1.807, 2.05) is 49.4 Å². The van der Waals surface area contributed by atoms with E-state index >= 15 is 0 Å². The molecule has 9 heteroatoms. The zero-order chi connectivity index (χ0) is 25.8. The molecule has 3 aromatic carbocycles. The predicted molar refractivity (Wildman–Crippen MR) is 141 cm³/mol. The van der Waals surface area contributed by atoms with E-state index in [0.717, 1.165) is 10.8 Å². The Hall–Kier alpha value is -3.27. The Kier molecular flexibility index (Phi) is 10.9. The fraction of sp³-hybridized carbons (Fsp3) is 0.333. The van der Waals surface area contributed by atoms with Crippen molar-refractivity contribution in [3.8, 4) is 5.75 Å². The summed E-state index contributed by atoms with van der Waals surface area (Å²) in [7, 11) is 0. The third-order valence-electron chi connectivity index (χ3n) is 5.34. The molecule has 0 aliphatic heterocycles. The fourth-order valence-electron chi connectivity index (χ4n) is 3.74. The highest BCUT2D eigenvalue weighted by Gasteiger charge is 2.28. The number of carbonyl (C=O) groups is 2. The summed E-state index contributed by atoms with van der Waals surface area (Å²) in [6, 6.07) is 20.4. The highest BCUT2D eigenvalue weighted by Crippen LogP contribution is 2.29. The molecule has 3 aromatic rings. The van der Waals surface area contributed by atoms with E-state index in [0.29, 0.717) is 30.0 Å². The largest absolute Gasteiger partial charge is 0.491 e. The van der Waals surface area contributed by atoms with Crippen LogP contribution < -0.4 is 10.1 Å². The summed E-state index contributed by atoms with van der Waals surface area (Å²) in [5, 5.41) is 13.7. The first-order valence-corrected chi connectivity index (χ1v) is 12.4. The van der Waals surface area contributed by atoms with Crippen molar-refractivity contribution in [2.24, 2.45) is 0 Å². The average Bonchev–Trinajstić information content (AvgIpc) is 2.90. The van der Waals surface area contributed by atoms with Gasteiger partial charge in [-0.25, -0.2) is 4.79 Å². The van der Waals surface area contributed by atoms with Gasteiger partial charge in [0.15, 0.2) is 6.10 Å². The maximum absolute atomic E-state index is 13.0. The third kappa shape index (κ3) is 7.87. The van der Waals surface area contributed by atoms with Gasteiger partial charge in [0.05, 0.1) is 24.7 Å². The molecule has 0 unspecified atom stereocenters. The van der Waals surface area contributed by atoms with Gasteiger partial charge in [0, 0.05) is 18.4 Å². The van der Waals surface area contributed by atoms with Crippen molar-refractivity contribution in [2.75, 3.05) is 37.5 Å². The Bertz CT molecular complexity index is 1120. The number of aliphatic hydroxyl groups excluding tert-OH is 1.